The normalized spacial score (nSPS) is 13.7. The number of halogens is 1. The van der Waals surface area contributed by atoms with Gasteiger partial charge in [0.2, 0.25) is 0 Å². The summed E-state index contributed by atoms with van der Waals surface area (Å²) in [5.74, 6) is 0.0808. The summed E-state index contributed by atoms with van der Waals surface area (Å²) in [6.07, 6.45) is 3.64. The van der Waals surface area contributed by atoms with Gasteiger partial charge in [-0.3, -0.25) is 9.59 Å². The summed E-state index contributed by atoms with van der Waals surface area (Å²) in [7, 11) is 1.48. The van der Waals surface area contributed by atoms with Crippen molar-refractivity contribution in [2.75, 3.05) is 7.11 Å². The maximum atomic E-state index is 12.9. The van der Waals surface area contributed by atoms with Gasteiger partial charge in [-0.25, -0.2) is 0 Å². The minimum atomic E-state index is -0.248. The molecule has 3 rings (SSSR count). The number of hydrogen-bond acceptors (Lipinski definition) is 3. The van der Waals surface area contributed by atoms with E-state index >= 15 is 0 Å². The molecule has 1 N–H and O–H groups in total. The van der Waals surface area contributed by atoms with Gasteiger partial charge in [-0.15, -0.1) is 0 Å². The molecule has 5 nitrogen and oxygen atoms in total. The van der Waals surface area contributed by atoms with E-state index in [0.29, 0.717) is 35.8 Å². The predicted octanol–water partition coefficient (Wildman–Crippen LogP) is 3.17. The Morgan fingerprint density at radius 3 is 2.84 bits per heavy atom. The van der Waals surface area contributed by atoms with Crippen molar-refractivity contribution in [3.05, 3.63) is 62.5 Å². The number of rotatable bonds is 4. The number of hydrogen-bond donors (Lipinski definition) is 1. The molecule has 6 heteroatoms. The van der Waals surface area contributed by atoms with Crippen molar-refractivity contribution >= 4 is 17.5 Å². The molecule has 25 heavy (non-hydrogen) atoms. The van der Waals surface area contributed by atoms with Gasteiger partial charge >= 0.3 is 0 Å². The summed E-state index contributed by atoms with van der Waals surface area (Å²) in [6, 6.07) is 8.79. The molecule has 0 aliphatic carbocycles. The third-order valence-electron chi connectivity index (χ3n) is 4.52. The van der Waals surface area contributed by atoms with Crippen LogP contribution in [0.25, 0.3) is 0 Å². The minimum absolute atomic E-state index is 0.114. The van der Waals surface area contributed by atoms with E-state index in [9.17, 15) is 9.59 Å². The van der Waals surface area contributed by atoms with Crippen LogP contribution in [0.1, 0.15) is 40.9 Å². The van der Waals surface area contributed by atoms with E-state index in [1.54, 1.807) is 10.6 Å². The lowest BCUT2D eigenvalue weighted by molar-refractivity contribution is 0.0945. The SMILES string of the molecule is COc1cc(=O)n2c(c1C(=O)NCc1ccccc1Cl)CCCCC2. The zero-order valence-electron chi connectivity index (χ0n) is 14.2. The van der Waals surface area contributed by atoms with E-state index in [1.165, 1.54) is 13.2 Å². The molecule has 0 unspecified atom stereocenters. The molecule has 2 heterocycles. The van der Waals surface area contributed by atoms with E-state index in [1.807, 2.05) is 18.2 Å². The van der Waals surface area contributed by atoms with Crippen molar-refractivity contribution in [3.8, 4) is 5.75 Å². The Kier molecular flexibility index (Phi) is 5.43. The van der Waals surface area contributed by atoms with Gasteiger partial charge in [-0.05, 0) is 30.9 Å². The molecule has 0 saturated heterocycles. The van der Waals surface area contributed by atoms with Crippen LogP contribution in [-0.4, -0.2) is 17.6 Å². The van der Waals surface area contributed by atoms with Gasteiger partial charge in [0.05, 0.1) is 7.11 Å². The smallest absolute Gasteiger partial charge is 0.257 e. The highest BCUT2D eigenvalue weighted by Gasteiger charge is 2.23. The lowest BCUT2D eigenvalue weighted by Crippen LogP contribution is -2.30. The molecule has 0 saturated carbocycles. The highest BCUT2D eigenvalue weighted by Crippen LogP contribution is 2.25. The van der Waals surface area contributed by atoms with E-state index < -0.39 is 0 Å². The minimum Gasteiger partial charge on any atom is -0.496 e. The molecule has 0 fully saturated rings. The number of ether oxygens (including phenoxy) is 1. The number of carbonyl (C=O) groups excluding carboxylic acids is 1. The fourth-order valence-corrected chi connectivity index (χ4v) is 3.43. The molecule has 0 spiro atoms. The van der Waals surface area contributed by atoms with Crippen molar-refractivity contribution in [2.45, 2.75) is 38.8 Å². The number of nitrogens with zero attached hydrogens (tertiary/aromatic N) is 1. The van der Waals surface area contributed by atoms with Gasteiger partial charge in [-0.1, -0.05) is 36.2 Å². The first-order valence-corrected chi connectivity index (χ1v) is 8.82. The average Bonchev–Trinajstić information content (AvgIpc) is 2.87. The van der Waals surface area contributed by atoms with Crippen LogP contribution in [0.15, 0.2) is 35.1 Å². The largest absolute Gasteiger partial charge is 0.496 e. The topological polar surface area (TPSA) is 60.3 Å². The van der Waals surface area contributed by atoms with Crippen molar-refractivity contribution < 1.29 is 9.53 Å². The van der Waals surface area contributed by atoms with Crippen LogP contribution in [0.5, 0.6) is 5.75 Å². The number of pyridine rings is 1. The molecule has 0 atom stereocenters. The summed E-state index contributed by atoms with van der Waals surface area (Å²) in [5, 5.41) is 3.51. The first-order valence-electron chi connectivity index (χ1n) is 8.44. The van der Waals surface area contributed by atoms with E-state index in [0.717, 1.165) is 30.5 Å². The van der Waals surface area contributed by atoms with E-state index in [4.69, 9.17) is 16.3 Å². The van der Waals surface area contributed by atoms with Crippen molar-refractivity contribution in [1.29, 1.82) is 0 Å². The van der Waals surface area contributed by atoms with Crippen molar-refractivity contribution in [1.82, 2.24) is 9.88 Å². The van der Waals surface area contributed by atoms with Crippen LogP contribution < -0.4 is 15.6 Å². The lowest BCUT2D eigenvalue weighted by atomic mass is 10.1. The highest BCUT2D eigenvalue weighted by atomic mass is 35.5. The maximum Gasteiger partial charge on any atom is 0.257 e. The number of aromatic nitrogens is 1. The van der Waals surface area contributed by atoms with Gasteiger partial charge < -0.3 is 14.6 Å². The molecule has 1 aromatic heterocycles. The Hall–Kier alpha value is -2.27. The summed E-state index contributed by atoms with van der Waals surface area (Å²) in [5.41, 5.74) is 1.95. The maximum absolute atomic E-state index is 12.9. The average molecular weight is 361 g/mol. The molecule has 1 aliphatic heterocycles. The standard InChI is InChI=1S/C19H21ClN2O3/c1-25-16-11-17(23)22-10-6-2-3-9-15(22)18(16)19(24)21-12-13-7-4-5-8-14(13)20/h4-5,7-8,11H,2-3,6,9-10,12H2,1H3,(H,21,24). The number of methoxy groups -OCH3 is 1. The number of nitrogens with one attached hydrogen (secondary N) is 1. The van der Waals surface area contributed by atoms with Crippen molar-refractivity contribution in [2.24, 2.45) is 0 Å². The second kappa shape index (κ2) is 7.74. The van der Waals surface area contributed by atoms with Gasteiger partial charge in [0.25, 0.3) is 11.5 Å². The third kappa shape index (κ3) is 3.71. The first-order chi connectivity index (χ1) is 12.1. The summed E-state index contributed by atoms with van der Waals surface area (Å²) >= 11 is 6.15. The Balaban J connectivity index is 1.93. The molecule has 2 aromatic rings. The molecular formula is C19H21ClN2O3. The third-order valence-corrected chi connectivity index (χ3v) is 4.89. The number of amides is 1. The van der Waals surface area contributed by atoms with Crippen LogP contribution in [0, 0.1) is 0 Å². The Morgan fingerprint density at radius 2 is 2.08 bits per heavy atom. The predicted molar refractivity (Wildman–Crippen MR) is 97.4 cm³/mol. The summed E-state index contributed by atoms with van der Waals surface area (Å²) in [6.45, 7) is 0.961. The number of benzene rings is 1. The zero-order valence-corrected chi connectivity index (χ0v) is 14.9. The van der Waals surface area contributed by atoms with Crippen LogP contribution in [0.3, 0.4) is 0 Å². The lowest BCUT2D eigenvalue weighted by Gasteiger charge is -2.17. The zero-order chi connectivity index (χ0) is 17.8. The Labute approximate surface area is 151 Å². The molecule has 1 aromatic carbocycles. The quantitative estimate of drug-likeness (QED) is 0.911. The van der Waals surface area contributed by atoms with Crippen LogP contribution in [-0.2, 0) is 19.5 Å². The van der Waals surface area contributed by atoms with Crippen LogP contribution in [0.2, 0.25) is 5.02 Å². The summed E-state index contributed by atoms with van der Waals surface area (Å²) in [4.78, 5) is 25.2. The Morgan fingerprint density at radius 1 is 1.28 bits per heavy atom. The first kappa shape index (κ1) is 17.5. The highest BCUT2D eigenvalue weighted by molar-refractivity contribution is 6.31. The second-order valence-corrected chi connectivity index (χ2v) is 6.52. The molecule has 1 amide bonds. The van der Waals surface area contributed by atoms with Gasteiger partial charge in [0.1, 0.15) is 11.3 Å². The second-order valence-electron chi connectivity index (χ2n) is 6.11. The van der Waals surface area contributed by atoms with Crippen LogP contribution >= 0.6 is 11.6 Å². The fourth-order valence-electron chi connectivity index (χ4n) is 3.23. The molecule has 1 aliphatic rings. The molecule has 0 bridgehead atoms. The summed E-state index contributed by atoms with van der Waals surface area (Å²) < 4.78 is 7.04. The van der Waals surface area contributed by atoms with Crippen molar-refractivity contribution in [3.63, 3.8) is 0 Å². The number of carbonyl (C=O) groups is 1. The van der Waals surface area contributed by atoms with Gasteiger partial charge in [0.15, 0.2) is 0 Å². The fraction of sp³-hybridized carbons (Fsp3) is 0.368. The van der Waals surface area contributed by atoms with Gasteiger partial charge in [-0.2, -0.15) is 0 Å². The monoisotopic (exact) mass is 360 g/mol. The van der Waals surface area contributed by atoms with Gasteiger partial charge in [0, 0.05) is 29.9 Å². The number of fused-ring (bicyclic) bond motifs is 1. The molecular weight excluding hydrogens is 340 g/mol. The molecule has 0 radical (unpaired) electrons. The Bertz CT molecular complexity index is 845. The van der Waals surface area contributed by atoms with Crippen LogP contribution in [0.4, 0.5) is 0 Å². The van der Waals surface area contributed by atoms with E-state index in [2.05, 4.69) is 5.32 Å². The molecule has 132 valence electrons. The van der Waals surface area contributed by atoms with E-state index in [-0.39, 0.29) is 11.5 Å².